The summed E-state index contributed by atoms with van der Waals surface area (Å²) in [6.07, 6.45) is -0.372. The molecular formula is C16H18Cl2N2O3. The van der Waals surface area contributed by atoms with E-state index in [9.17, 15) is 9.59 Å². The van der Waals surface area contributed by atoms with Crippen LogP contribution in [0.15, 0.2) is 12.1 Å². The highest BCUT2D eigenvalue weighted by molar-refractivity contribution is 6.44. The van der Waals surface area contributed by atoms with Gasteiger partial charge in [0.2, 0.25) is 0 Å². The van der Waals surface area contributed by atoms with E-state index in [2.05, 4.69) is 5.32 Å². The zero-order chi connectivity index (χ0) is 16.9. The second-order valence-electron chi connectivity index (χ2n) is 6.90. The first-order chi connectivity index (χ1) is 10.7. The standard InChI is InChI=1S/C16H18Cl2N2O3/c1-16(2,3)23-15(22)20-6-9-8-4-5-10(17)13(18)12(8)14(21)19-11(9)7-20/h4-5,9,11H,6-7H2,1-3H3,(H,19,21)/t9-,11+/m0/s1. The third kappa shape index (κ3) is 3.00. The van der Waals surface area contributed by atoms with Crippen molar-refractivity contribution in [1.82, 2.24) is 10.2 Å². The molecule has 0 bridgehead atoms. The molecule has 0 unspecified atom stereocenters. The Kier molecular flexibility index (Phi) is 3.97. The van der Waals surface area contributed by atoms with E-state index in [0.717, 1.165) is 5.56 Å². The van der Waals surface area contributed by atoms with Crippen LogP contribution in [0.3, 0.4) is 0 Å². The Hall–Kier alpha value is -1.46. The van der Waals surface area contributed by atoms with Gasteiger partial charge in [0.15, 0.2) is 0 Å². The molecule has 3 rings (SSSR count). The molecule has 2 amide bonds. The van der Waals surface area contributed by atoms with Gasteiger partial charge in [-0.05, 0) is 32.4 Å². The van der Waals surface area contributed by atoms with Crippen molar-refractivity contribution < 1.29 is 14.3 Å². The number of benzene rings is 1. The SMILES string of the molecule is CC(C)(C)OC(=O)N1C[C@H]2NC(=O)c3c(ccc(Cl)c3Cl)[C@@H]2C1. The topological polar surface area (TPSA) is 58.6 Å². The van der Waals surface area contributed by atoms with Crippen molar-refractivity contribution in [3.8, 4) is 0 Å². The Morgan fingerprint density at radius 3 is 2.65 bits per heavy atom. The molecule has 1 aromatic rings. The van der Waals surface area contributed by atoms with Gasteiger partial charge >= 0.3 is 6.09 Å². The molecule has 2 aliphatic rings. The van der Waals surface area contributed by atoms with Gasteiger partial charge in [-0.1, -0.05) is 29.3 Å². The number of carbonyl (C=O) groups is 2. The number of likely N-dealkylation sites (tertiary alicyclic amines) is 1. The summed E-state index contributed by atoms with van der Waals surface area (Å²) in [6, 6.07) is 3.37. The number of halogens is 2. The fraction of sp³-hybridized carbons (Fsp3) is 0.500. The van der Waals surface area contributed by atoms with Crippen LogP contribution in [-0.4, -0.2) is 41.6 Å². The van der Waals surface area contributed by atoms with Crippen molar-refractivity contribution in [2.24, 2.45) is 0 Å². The summed E-state index contributed by atoms with van der Waals surface area (Å²) in [7, 11) is 0. The highest BCUT2D eigenvalue weighted by Gasteiger charge is 2.43. The average molecular weight is 357 g/mol. The predicted molar refractivity (Wildman–Crippen MR) is 88.3 cm³/mol. The molecule has 23 heavy (non-hydrogen) atoms. The van der Waals surface area contributed by atoms with Crippen LogP contribution >= 0.6 is 23.2 Å². The smallest absolute Gasteiger partial charge is 0.410 e. The van der Waals surface area contributed by atoms with E-state index in [0.29, 0.717) is 23.7 Å². The largest absolute Gasteiger partial charge is 0.444 e. The van der Waals surface area contributed by atoms with Gasteiger partial charge in [-0.2, -0.15) is 0 Å². The maximum Gasteiger partial charge on any atom is 0.410 e. The van der Waals surface area contributed by atoms with Gasteiger partial charge in [-0.15, -0.1) is 0 Å². The second-order valence-corrected chi connectivity index (χ2v) is 7.68. The van der Waals surface area contributed by atoms with Crippen molar-refractivity contribution in [3.05, 3.63) is 33.3 Å². The van der Waals surface area contributed by atoms with Crippen molar-refractivity contribution in [2.75, 3.05) is 13.1 Å². The number of hydrogen-bond acceptors (Lipinski definition) is 3. The minimum absolute atomic E-state index is 0.00927. The molecule has 1 saturated heterocycles. The summed E-state index contributed by atoms with van der Waals surface area (Å²) in [4.78, 5) is 26.2. The van der Waals surface area contributed by atoms with Gasteiger partial charge in [-0.3, -0.25) is 4.79 Å². The van der Waals surface area contributed by atoms with E-state index < -0.39 is 5.60 Å². The monoisotopic (exact) mass is 356 g/mol. The van der Waals surface area contributed by atoms with Crippen LogP contribution in [0.5, 0.6) is 0 Å². The lowest BCUT2D eigenvalue weighted by molar-refractivity contribution is 0.0288. The number of nitrogens with one attached hydrogen (secondary N) is 1. The number of nitrogens with zero attached hydrogens (tertiary/aromatic N) is 1. The second kappa shape index (κ2) is 5.56. The molecule has 1 N–H and O–H groups in total. The van der Waals surface area contributed by atoms with E-state index >= 15 is 0 Å². The number of hydrogen-bond donors (Lipinski definition) is 1. The fourth-order valence-electron chi connectivity index (χ4n) is 3.09. The normalized spacial score (nSPS) is 23.2. The Labute approximate surface area is 144 Å². The lowest BCUT2D eigenvalue weighted by atomic mass is 9.86. The van der Waals surface area contributed by atoms with Crippen molar-refractivity contribution >= 4 is 35.2 Å². The number of amides is 2. The van der Waals surface area contributed by atoms with Crippen LogP contribution in [0.2, 0.25) is 10.0 Å². The number of rotatable bonds is 0. The summed E-state index contributed by atoms with van der Waals surface area (Å²) in [5, 5.41) is 3.53. The minimum atomic E-state index is -0.553. The lowest BCUT2D eigenvalue weighted by Crippen LogP contribution is -2.44. The van der Waals surface area contributed by atoms with Crippen LogP contribution in [-0.2, 0) is 4.74 Å². The van der Waals surface area contributed by atoms with Crippen molar-refractivity contribution in [2.45, 2.75) is 38.3 Å². The van der Waals surface area contributed by atoms with Gasteiger partial charge < -0.3 is 15.0 Å². The van der Waals surface area contributed by atoms with Crippen molar-refractivity contribution in [1.29, 1.82) is 0 Å². The van der Waals surface area contributed by atoms with Crippen LogP contribution in [0.1, 0.15) is 42.6 Å². The van der Waals surface area contributed by atoms with Gasteiger partial charge in [0.1, 0.15) is 5.60 Å². The number of ether oxygens (including phenoxy) is 1. The molecule has 0 radical (unpaired) electrons. The third-order valence-corrected chi connectivity index (χ3v) is 4.85. The summed E-state index contributed by atoms with van der Waals surface area (Å²) in [5.74, 6) is -0.259. The maximum atomic E-state index is 12.3. The molecule has 124 valence electrons. The zero-order valence-electron chi connectivity index (χ0n) is 13.2. The van der Waals surface area contributed by atoms with Crippen LogP contribution in [0.4, 0.5) is 4.79 Å². The number of fused-ring (bicyclic) bond motifs is 3. The van der Waals surface area contributed by atoms with E-state index in [1.165, 1.54) is 0 Å². The summed E-state index contributed by atoms with van der Waals surface area (Å²) < 4.78 is 5.41. The van der Waals surface area contributed by atoms with Gasteiger partial charge in [0, 0.05) is 19.0 Å². The first-order valence-corrected chi connectivity index (χ1v) is 8.19. The highest BCUT2D eigenvalue weighted by Crippen LogP contribution is 2.39. The molecule has 2 aliphatic heterocycles. The molecule has 2 heterocycles. The van der Waals surface area contributed by atoms with Gasteiger partial charge in [-0.25, -0.2) is 4.79 Å². The molecule has 2 atom stereocenters. The van der Waals surface area contributed by atoms with Gasteiger partial charge in [0.05, 0.1) is 21.7 Å². The predicted octanol–water partition coefficient (Wildman–Crippen LogP) is 3.44. The highest BCUT2D eigenvalue weighted by atomic mass is 35.5. The molecular weight excluding hydrogens is 339 g/mol. The molecule has 0 aromatic heterocycles. The zero-order valence-corrected chi connectivity index (χ0v) is 14.7. The molecule has 0 saturated carbocycles. The summed E-state index contributed by atoms with van der Waals surface area (Å²) >= 11 is 12.2. The molecule has 0 aliphatic carbocycles. The van der Waals surface area contributed by atoms with E-state index in [1.807, 2.05) is 26.8 Å². The summed E-state index contributed by atoms with van der Waals surface area (Å²) in [6.45, 7) is 6.38. The number of carbonyl (C=O) groups excluding carboxylic acids is 2. The van der Waals surface area contributed by atoms with Crippen molar-refractivity contribution in [3.63, 3.8) is 0 Å². The molecule has 1 fully saturated rings. The third-order valence-electron chi connectivity index (χ3n) is 4.04. The van der Waals surface area contributed by atoms with E-state index in [-0.39, 0.29) is 29.0 Å². The summed E-state index contributed by atoms with van der Waals surface area (Å²) in [5.41, 5.74) is 0.689. The quantitative estimate of drug-likeness (QED) is 0.774. The molecule has 7 heteroatoms. The minimum Gasteiger partial charge on any atom is -0.444 e. The fourth-order valence-corrected chi connectivity index (χ4v) is 3.50. The Morgan fingerprint density at radius 1 is 1.30 bits per heavy atom. The van der Waals surface area contributed by atoms with Crippen LogP contribution in [0, 0.1) is 0 Å². The van der Waals surface area contributed by atoms with E-state index in [4.69, 9.17) is 27.9 Å². The first kappa shape index (κ1) is 16.4. The Balaban J connectivity index is 1.88. The average Bonchev–Trinajstić information content (AvgIpc) is 2.84. The van der Waals surface area contributed by atoms with Crippen LogP contribution in [0.25, 0.3) is 0 Å². The Bertz CT molecular complexity index is 685. The molecule has 5 nitrogen and oxygen atoms in total. The van der Waals surface area contributed by atoms with Gasteiger partial charge in [0.25, 0.3) is 5.91 Å². The lowest BCUT2D eigenvalue weighted by Gasteiger charge is -2.28. The van der Waals surface area contributed by atoms with E-state index in [1.54, 1.807) is 11.0 Å². The molecule has 0 spiro atoms. The first-order valence-electron chi connectivity index (χ1n) is 7.44. The van der Waals surface area contributed by atoms with Crippen LogP contribution < -0.4 is 5.32 Å². The maximum absolute atomic E-state index is 12.3. The molecule has 1 aromatic carbocycles. The Morgan fingerprint density at radius 2 is 2.00 bits per heavy atom.